The van der Waals surface area contributed by atoms with E-state index in [-0.39, 0.29) is 15.5 Å². The SMILES string of the molecule is Cc1ccc(S(=O)(=O)Nc2ccc(S(N)(=O)=O)cc2)cc1F. The molecule has 0 aliphatic rings. The molecule has 0 saturated heterocycles. The number of primary sulfonamides is 1. The molecule has 3 N–H and O–H groups in total. The van der Waals surface area contributed by atoms with E-state index in [4.69, 9.17) is 5.14 Å². The van der Waals surface area contributed by atoms with Gasteiger partial charge in [0.1, 0.15) is 5.82 Å². The number of rotatable bonds is 4. The molecule has 0 unspecified atom stereocenters. The summed E-state index contributed by atoms with van der Waals surface area (Å²) in [5.41, 5.74) is 0.463. The van der Waals surface area contributed by atoms with Crippen LogP contribution in [-0.2, 0) is 20.0 Å². The van der Waals surface area contributed by atoms with Crippen molar-refractivity contribution in [1.29, 1.82) is 0 Å². The Kier molecular flexibility index (Phi) is 4.23. The Morgan fingerprint density at radius 3 is 2.00 bits per heavy atom. The number of benzene rings is 2. The van der Waals surface area contributed by atoms with E-state index in [0.29, 0.717) is 5.56 Å². The van der Waals surface area contributed by atoms with E-state index in [0.717, 1.165) is 6.07 Å². The third-order valence-corrected chi connectivity index (χ3v) is 5.20. The van der Waals surface area contributed by atoms with Crippen molar-refractivity contribution in [2.75, 3.05) is 4.72 Å². The fraction of sp³-hybridized carbons (Fsp3) is 0.0769. The zero-order valence-electron chi connectivity index (χ0n) is 11.4. The molecular weight excluding hydrogens is 331 g/mol. The number of anilines is 1. The smallest absolute Gasteiger partial charge is 0.261 e. The molecule has 0 saturated carbocycles. The molecule has 0 amide bonds. The zero-order chi connectivity index (χ0) is 16.5. The predicted molar refractivity (Wildman–Crippen MR) is 79.8 cm³/mol. The quantitative estimate of drug-likeness (QED) is 0.878. The summed E-state index contributed by atoms with van der Waals surface area (Å²) in [4.78, 5) is -0.372. The molecule has 0 aliphatic carbocycles. The number of nitrogens with two attached hydrogens (primary N) is 1. The molecule has 0 fully saturated rings. The van der Waals surface area contributed by atoms with E-state index >= 15 is 0 Å². The third-order valence-electron chi connectivity index (χ3n) is 2.89. The van der Waals surface area contributed by atoms with Crippen LogP contribution in [0.3, 0.4) is 0 Å². The maximum atomic E-state index is 13.5. The number of hydrogen-bond donors (Lipinski definition) is 2. The second kappa shape index (κ2) is 5.67. The van der Waals surface area contributed by atoms with E-state index in [1.54, 1.807) is 0 Å². The topological polar surface area (TPSA) is 106 Å². The van der Waals surface area contributed by atoms with Gasteiger partial charge in [-0.2, -0.15) is 0 Å². The lowest BCUT2D eigenvalue weighted by Gasteiger charge is -2.09. The minimum absolute atomic E-state index is 0.133. The van der Waals surface area contributed by atoms with Crippen LogP contribution in [-0.4, -0.2) is 16.8 Å². The summed E-state index contributed by atoms with van der Waals surface area (Å²) in [6.45, 7) is 1.52. The van der Waals surface area contributed by atoms with Crippen molar-refractivity contribution in [2.45, 2.75) is 16.7 Å². The maximum Gasteiger partial charge on any atom is 0.261 e. The van der Waals surface area contributed by atoms with E-state index in [2.05, 4.69) is 4.72 Å². The number of hydrogen-bond acceptors (Lipinski definition) is 4. The van der Waals surface area contributed by atoms with Gasteiger partial charge in [-0.05, 0) is 48.9 Å². The Balaban J connectivity index is 2.30. The molecule has 9 heteroatoms. The Bertz CT molecular complexity index is 908. The zero-order valence-corrected chi connectivity index (χ0v) is 13.1. The van der Waals surface area contributed by atoms with Gasteiger partial charge in [-0.25, -0.2) is 26.4 Å². The first-order valence-corrected chi connectivity index (χ1v) is 9.04. The summed E-state index contributed by atoms with van der Waals surface area (Å²) in [7, 11) is -7.82. The van der Waals surface area contributed by atoms with Gasteiger partial charge in [0.05, 0.1) is 9.79 Å². The van der Waals surface area contributed by atoms with Gasteiger partial charge in [-0.15, -0.1) is 0 Å². The molecule has 0 heterocycles. The first-order chi connectivity index (χ1) is 10.1. The van der Waals surface area contributed by atoms with Crippen molar-refractivity contribution in [3.8, 4) is 0 Å². The number of halogens is 1. The van der Waals surface area contributed by atoms with Crippen LogP contribution in [0.15, 0.2) is 52.3 Å². The van der Waals surface area contributed by atoms with Gasteiger partial charge < -0.3 is 0 Å². The summed E-state index contributed by atoms with van der Waals surface area (Å²) < 4.78 is 62.2. The van der Waals surface area contributed by atoms with Gasteiger partial charge in [-0.1, -0.05) is 6.07 Å². The Morgan fingerprint density at radius 1 is 0.955 bits per heavy atom. The fourth-order valence-corrected chi connectivity index (χ4v) is 3.25. The molecule has 0 spiro atoms. The third kappa shape index (κ3) is 3.62. The second-order valence-electron chi connectivity index (χ2n) is 4.59. The largest absolute Gasteiger partial charge is 0.280 e. The average molecular weight is 344 g/mol. The van der Waals surface area contributed by atoms with Crippen molar-refractivity contribution in [2.24, 2.45) is 5.14 Å². The molecule has 2 aromatic carbocycles. The van der Waals surface area contributed by atoms with Crippen molar-refractivity contribution in [3.63, 3.8) is 0 Å². The highest BCUT2D eigenvalue weighted by Gasteiger charge is 2.16. The van der Waals surface area contributed by atoms with Crippen LogP contribution >= 0.6 is 0 Å². The minimum Gasteiger partial charge on any atom is -0.280 e. The van der Waals surface area contributed by atoms with Crippen LogP contribution in [0.1, 0.15) is 5.56 Å². The van der Waals surface area contributed by atoms with Crippen LogP contribution < -0.4 is 9.86 Å². The second-order valence-corrected chi connectivity index (χ2v) is 7.83. The molecule has 2 aromatic rings. The van der Waals surface area contributed by atoms with Crippen molar-refractivity contribution in [3.05, 3.63) is 53.8 Å². The van der Waals surface area contributed by atoms with Crippen molar-refractivity contribution >= 4 is 25.7 Å². The summed E-state index contributed by atoms with van der Waals surface area (Å²) in [5, 5.41) is 4.95. The van der Waals surface area contributed by atoms with E-state index in [1.807, 2.05) is 0 Å². The van der Waals surface area contributed by atoms with Crippen LogP contribution in [0.2, 0.25) is 0 Å². The van der Waals surface area contributed by atoms with Crippen LogP contribution in [0.25, 0.3) is 0 Å². The highest BCUT2D eigenvalue weighted by molar-refractivity contribution is 7.92. The summed E-state index contributed by atoms with van der Waals surface area (Å²) >= 11 is 0. The molecule has 0 bridgehead atoms. The van der Waals surface area contributed by atoms with E-state index in [1.165, 1.54) is 43.3 Å². The molecule has 2 rings (SSSR count). The summed E-state index contributed by atoms with van der Waals surface area (Å²) in [5.74, 6) is -0.632. The Labute approximate surface area is 127 Å². The van der Waals surface area contributed by atoms with Crippen LogP contribution in [0.4, 0.5) is 10.1 Å². The first kappa shape index (κ1) is 16.4. The first-order valence-electron chi connectivity index (χ1n) is 6.01. The van der Waals surface area contributed by atoms with Gasteiger partial charge in [0, 0.05) is 5.69 Å². The lowest BCUT2D eigenvalue weighted by atomic mass is 10.2. The normalized spacial score (nSPS) is 12.1. The molecule has 0 aliphatic heterocycles. The van der Waals surface area contributed by atoms with Gasteiger partial charge in [0.25, 0.3) is 10.0 Å². The molecule has 0 aromatic heterocycles. The predicted octanol–water partition coefficient (Wildman–Crippen LogP) is 1.58. The lowest BCUT2D eigenvalue weighted by molar-refractivity contribution is 0.593. The summed E-state index contributed by atoms with van der Waals surface area (Å²) in [6.07, 6.45) is 0. The fourth-order valence-electron chi connectivity index (χ4n) is 1.67. The summed E-state index contributed by atoms with van der Waals surface area (Å²) in [6, 6.07) is 8.39. The van der Waals surface area contributed by atoms with Crippen LogP contribution in [0, 0.1) is 12.7 Å². The van der Waals surface area contributed by atoms with Crippen LogP contribution in [0.5, 0.6) is 0 Å². The van der Waals surface area contributed by atoms with E-state index < -0.39 is 25.9 Å². The van der Waals surface area contributed by atoms with Gasteiger partial charge in [0.15, 0.2) is 0 Å². The van der Waals surface area contributed by atoms with Crippen molar-refractivity contribution < 1.29 is 21.2 Å². The minimum atomic E-state index is -3.97. The standard InChI is InChI=1S/C13H13FN2O4S2/c1-9-2-5-12(8-13(9)14)22(19,20)16-10-3-6-11(7-4-10)21(15,17)18/h2-8,16H,1H3,(H2,15,17,18). The van der Waals surface area contributed by atoms with Gasteiger partial charge >= 0.3 is 0 Å². The molecule has 0 radical (unpaired) electrons. The van der Waals surface area contributed by atoms with Gasteiger partial charge in [0.2, 0.25) is 10.0 Å². The maximum absolute atomic E-state index is 13.5. The lowest BCUT2D eigenvalue weighted by Crippen LogP contribution is -2.14. The molecular formula is C13H13FN2O4S2. The highest BCUT2D eigenvalue weighted by atomic mass is 32.2. The monoisotopic (exact) mass is 344 g/mol. The number of sulfonamides is 2. The van der Waals surface area contributed by atoms with Gasteiger partial charge in [-0.3, -0.25) is 4.72 Å². The van der Waals surface area contributed by atoms with E-state index in [9.17, 15) is 21.2 Å². The van der Waals surface area contributed by atoms with Crippen molar-refractivity contribution in [1.82, 2.24) is 0 Å². The molecule has 118 valence electrons. The highest BCUT2D eigenvalue weighted by Crippen LogP contribution is 2.19. The Hall–Kier alpha value is -1.97. The Morgan fingerprint density at radius 2 is 1.50 bits per heavy atom. The molecule has 22 heavy (non-hydrogen) atoms. The number of aryl methyl sites for hydroxylation is 1. The number of nitrogens with one attached hydrogen (secondary N) is 1. The molecule has 6 nitrogen and oxygen atoms in total. The average Bonchev–Trinajstić information content (AvgIpc) is 2.41. The molecule has 0 atom stereocenters.